The molecule has 0 bridgehead atoms. The van der Waals surface area contributed by atoms with Gasteiger partial charge in [0.05, 0.1) is 6.10 Å². The molecule has 0 aromatic carbocycles. The smallest absolute Gasteiger partial charge is 0.411 e. The minimum absolute atomic E-state index is 0.338. The summed E-state index contributed by atoms with van der Waals surface area (Å²) in [5.74, 6) is -1.07. The van der Waals surface area contributed by atoms with Crippen LogP contribution in [-0.2, 0) is 14.3 Å². The number of ether oxygens (including phenoxy) is 2. The van der Waals surface area contributed by atoms with Gasteiger partial charge in [-0.25, -0.2) is 9.59 Å². The number of aliphatic carboxylic acids is 1. The van der Waals surface area contributed by atoms with E-state index < -0.39 is 29.8 Å². The van der Waals surface area contributed by atoms with Crippen LogP contribution in [0.25, 0.3) is 0 Å². The number of likely N-dealkylation sites (tertiary alicyclic amines) is 1. The van der Waals surface area contributed by atoms with Crippen LogP contribution in [0.2, 0.25) is 0 Å². The van der Waals surface area contributed by atoms with Crippen molar-refractivity contribution in [2.75, 3.05) is 13.7 Å². The lowest BCUT2D eigenvalue weighted by Crippen LogP contribution is -2.47. The van der Waals surface area contributed by atoms with Crippen LogP contribution in [0.15, 0.2) is 0 Å². The largest absolute Gasteiger partial charge is 0.480 e. The molecule has 0 aromatic heterocycles. The third kappa shape index (κ3) is 3.33. The lowest BCUT2D eigenvalue weighted by atomic mass is 10.2. The molecule has 1 rings (SSSR count). The zero-order valence-electron chi connectivity index (χ0n) is 10.6. The first-order chi connectivity index (χ1) is 7.76. The van der Waals surface area contributed by atoms with Crippen molar-refractivity contribution in [1.29, 1.82) is 0 Å². The van der Waals surface area contributed by atoms with Crippen LogP contribution in [0.5, 0.6) is 0 Å². The predicted molar refractivity (Wildman–Crippen MR) is 59.8 cm³/mol. The molecule has 1 fully saturated rings. The number of hydrogen-bond acceptors (Lipinski definition) is 4. The SMILES string of the molecule is CO[C@H]1CCN(C(=O)OC(C)(C)C)[C@@H]1C(=O)O. The van der Waals surface area contributed by atoms with Gasteiger partial charge in [0.25, 0.3) is 0 Å². The quantitative estimate of drug-likeness (QED) is 0.788. The van der Waals surface area contributed by atoms with Crippen LogP contribution in [0.4, 0.5) is 4.79 Å². The van der Waals surface area contributed by atoms with Crippen molar-refractivity contribution in [2.24, 2.45) is 0 Å². The average molecular weight is 245 g/mol. The van der Waals surface area contributed by atoms with Crippen LogP contribution in [0.1, 0.15) is 27.2 Å². The Morgan fingerprint density at radius 2 is 1.94 bits per heavy atom. The molecule has 0 unspecified atom stereocenters. The van der Waals surface area contributed by atoms with Gasteiger partial charge >= 0.3 is 12.1 Å². The number of carbonyl (C=O) groups is 2. The Bertz CT molecular complexity index is 309. The van der Waals surface area contributed by atoms with Crippen molar-refractivity contribution in [1.82, 2.24) is 4.90 Å². The fourth-order valence-electron chi connectivity index (χ4n) is 1.83. The first-order valence-electron chi connectivity index (χ1n) is 5.51. The predicted octanol–water partition coefficient (Wildman–Crippen LogP) is 1.10. The molecule has 0 saturated carbocycles. The number of methoxy groups -OCH3 is 1. The molecule has 1 heterocycles. The number of carboxylic acid groups (broad SMARTS) is 1. The monoisotopic (exact) mass is 245 g/mol. The number of amides is 1. The van der Waals surface area contributed by atoms with Gasteiger partial charge in [-0.05, 0) is 27.2 Å². The van der Waals surface area contributed by atoms with Crippen molar-refractivity contribution >= 4 is 12.1 Å². The molecule has 0 radical (unpaired) electrons. The molecule has 6 heteroatoms. The average Bonchev–Trinajstić information content (AvgIpc) is 2.57. The summed E-state index contributed by atoms with van der Waals surface area (Å²) in [7, 11) is 1.44. The summed E-state index contributed by atoms with van der Waals surface area (Å²) in [5, 5.41) is 9.10. The normalized spacial score (nSPS) is 24.8. The lowest BCUT2D eigenvalue weighted by molar-refractivity contribution is -0.145. The standard InChI is InChI=1S/C11H19NO5/c1-11(2,3)17-10(15)12-6-5-7(16-4)8(12)9(13)14/h7-8H,5-6H2,1-4H3,(H,13,14)/t7-,8-/m0/s1. The van der Waals surface area contributed by atoms with Crippen LogP contribution < -0.4 is 0 Å². The Morgan fingerprint density at radius 1 is 1.35 bits per heavy atom. The van der Waals surface area contributed by atoms with Gasteiger partial charge in [0, 0.05) is 13.7 Å². The maximum Gasteiger partial charge on any atom is 0.411 e. The molecular formula is C11H19NO5. The molecule has 2 atom stereocenters. The maximum atomic E-state index is 11.8. The van der Waals surface area contributed by atoms with Gasteiger partial charge in [-0.2, -0.15) is 0 Å². The Balaban J connectivity index is 2.76. The van der Waals surface area contributed by atoms with Crippen LogP contribution in [-0.4, -0.2) is 53.5 Å². The molecule has 1 saturated heterocycles. The summed E-state index contributed by atoms with van der Waals surface area (Å²) >= 11 is 0. The summed E-state index contributed by atoms with van der Waals surface area (Å²) in [6.07, 6.45) is -0.573. The zero-order valence-corrected chi connectivity index (χ0v) is 10.6. The van der Waals surface area contributed by atoms with Gasteiger partial charge in [0.1, 0.15) is 5.60 Å². The van der Waals surface area contributed by atoms with E-state index in [9.17, 15) is 9.59 Å². The van der Waals surface area contributed by atoms with E-state index in [2.05, 4.69) is 0 Å². The fraction of sp³-hybridized carbons (Fsp3) is 0.818. The minimum Gasteiger partial charge on any atom is -0.480 e. The lowest BCUT2D eigenvalue weighted by Gasteiger charge is -2.27. The number of rotatable bonds is 2. The van der Waals surface area contributed by atoms with E-state index in [1.165, 1.54) is 12.0 Å². The summed E-state index contributed by atoms with van der Waals surface area (Å²) in [6.45, 7) is 5.56. The zero-order chi connectivity index (χ0) is 13.2. The molecule has 0 aliphatic carbocycles. The molecule has 6 nitrogen and oxygen atoms in total. The highest BCUT2D eigenvalue weighted by Gasteiger charge is 2.43. The second-order valence-corrected chi connectivity index (χ2v) is 5.02. The van der Waals surface area contributed by atoms with E-state index in [1.54, 1.807) is 20.8 Å². The molecule has 0 spiro atoms. The van der Waals surface area contributed by atoms with Crippen LogP contribution in [0, 0.1) is 0 Å². The van der Waals surface area contributed by atoms with E-state index in [-0.39, 0.29) is 0 Å². The molecule has 17 heavy (non-hydrogen) atoms. The molecule has 1 aliphatic heterocycles. The first-order valence-corrected chi connectivity index (χ1v) is 5.51. The van der Waals surface area contributed by atoms with E-state index >= 15 is 0 Å². The number of carbonyl (C=O) groups excluding carboxylic acids is 1. The van der Waals surface area contributed by atoms with E-state index in [4.69, 9.17) is 14.6 Å². The molecule has 1 N–H and O–H groups in total. The van der Waals surface area contributed by atoms with Crippen LogP contribution in [0.3, 0.4) is 0 Å². The topological polar surface area (TPSA) is 76.1 Å². The summed E-state index contributed by atoms with van der Waals surface area (Å²) in [6, 6.07) is -0.963. The van der Waals surface area contributed by atoms with E-state index in [0.717, 1.165) is 0 Å². The van der Waals surface area contributed by atoms with Gasteiger partial charge in [0.2, 0.25) is 0 Å². The van der Waals surface area contributed by atoms with Gasteiger partial charge in [-0.1, -0.05) is 0 Å². The van der Waals surface area contributed by atoms with Crippen LogP contribution >= 0.6 is 0 Å². The molecule has 98 valence electrons. The maximum absolute atomic E-state index is 11.8. The first kappa shape index (κ1) is 13.8. The Kier molecular flexibility index (Phi) is 3.98. The number of hydrogen-bond donors (Lipinski definition) is 1. The molecule has 0 aromatic rings. The number of nitrogens with zero attached hydrogens (tertiary/aromatic N) is 1. The second-order valence-electron chi connectivity index (χ2n) is 5.02. The molecule has 1 aliphatic rings. The molecule has 1 amide bonds. The minimum atomic E-state index is -1.07. The van der Waals surface area contributed by atoms with Gasteiger partial charge in [-0.15, -0.1) is 0 Å². The number of carboxylic acids is 1. The fourth-order valence-corrected chi connectivity index (χ4v) is 1.83. The van der Waals surface area contributed by atoms with Crippen molar-refractivity contribution in [3.63, 3.8) is 0 Å². The second kappa shape index (κ2) is 4.91. The summed E-state index contributed by atoms with van der Waals surface area (Å²) < 4.78 is 10.2. The Hall–Kier alpha value is -1.30. The van der Waals surface area contributed by atoms with Gasteiger partial charge in [0.15, 0.2) is 6.04 Å². The van der Waals surface area contributed by atoms with E-state index in [0.29, 0.717) is 13.0 Å². The van der Waals surface area contributed by atoms with Crippen molar-refractivity contribution in [2.45, 2.75) is 44.9 Å². The van der Waals surface area contributed by atoms with Crippen molar-refractivity contribution < 1.29 is 24.2 Å². The third-order valence-corrected chi connectivity index (χ3v) is 2.53. The third-order valence-electron chi connectivity index (χ3n) is 2.53. The highest BCUT2D eigenvalue weighted by atomic mass is 16.6. The summed E-state index contributed by atoms with van der Waals surface area (Å²) in [5.41, 5.74) is -0.634. The molecular weight excluding hydrogens is 226 g/mol. The summed E-state index contributed by atoms with van der Waals surface area (Å²) in [4.78, 5) is 24.2. The van der Waals surface area contributed by atoms with E-state index in [1.807, 2.05) is 0 Å². The Labute approximate surface area is 100 Å². The van der Waals surface area contributed by atoms with Crippen molar-refractivity contribution in [3.8, 4) is 0 Å². The highest BCUT2D eigenvalue weighted by Crippen LogP contribution is 2.23. The van der Waals surface area contributed by atoms with Crippen molar-refractivity contribution in [3.05, 3.63) is 0 Å². The highest BCUT2D eigenvalue weighted by molar-refractivity contribution is 5.81. The van der Waals surface area contributed by atoms with Gasteiger partial charge in [-0.3, -0.25) is 4.90 Å². The van der Waals surface area contributed by atoms with Gasteiger partial charge < -0.3 is 14.6 Å². The Morgan fingerprint density at radius 3 is 2.35 bits per heavy atom.